The molecule has 3 aromatic carbocycles. The van der Waals surface area contributed by atoms with Gasteiger partial charge in [-0.2, -0.15) is 0 Å². The molecule has 49 heavy (non-hydrogen) atoms. The summed E-state index contributed by atoms with van der Waals surface area (Å²) < 4.78 is 15.9. The van der Waals surface area contributed by atoms with Crippen molar-refractivity contribution in [2.24, 2.45) is 5.73 Å². The van der Waals surface area contributed by atoms with Gasteiger partial charge in [0.15, 0.2) is 35.0 Å². The second-order valence-corrected chi connectivity index (χ2v) is 10.7. The zero-order valence-electron chi connectivity index (χ0n) is 25.8. The summed E-state index contributed by atoms with van der Waals surface area (Å²) in [7, 11) is 0. The van der Waals surface area contributed by atoms with Crippen LogP contribution in [-0.2, 0) is 32.1 Å². The number of carboxylic acid groups (broad SMARTS) is 3. The van der Waals surface area contributed by atoms with Gasteiger partial charge >= 0.3 is 29.8 Å². The van der Waals surface area contributed by atoms with Crippen molar-refractivity contribution in [3.8, 4) is 40.2 Å². The number of carbonyl (C=O) groups excluding carboxylic acids is 3. The van der Waals surface area contributed by atoms with Crippen molar-refractivity contribution in [2.75, 3.05) is 0 Å². The smallest absolute Gasteiger partial charge is 0.347 e. The Hall–Kier alpha value is -6.62. The van der Waals surface area contributed by atoms with Gasteiger partial charge in [0.1, 0.15) is 34.8 Å². The van der Waals surface area contributed by atoms with Crippen LogP contribution >= 0.6 is 0 Å². The van der Waals surface area contributed by atoms with Crippen LogP contribution in [0, 0.1) is 13.8 Å². The first-order chi connectivity index (χ1) is 22.8. The fraction of sp³-hybridized carbons (Fsp3) is 0.188. The Labute approximate surface area is 275 Å². The van der Waals surface area contributed by atoms with E-state index in [-0.39, 0.29) is 46.6 Å². The van der Waals surface area contributed by atoms with Crippen molar-refractivity contribution in [3.05, 3.63) is 75.4 Å². The van der Waals surface area contributed by atoms with E-state index in [2.05, 4.69) is 0 Å². The molecule has 1 aliphatic rings. The molecule has 0 radical (unpaired) electrons. The zero-order chi connectivity index (χ0) is 37.0. The molecule has 1 aliphatic heterocycles. The van der Waals surface area contributed by atoms with Gasteiger partial charge in [-0.05, 0) is 50.1 Å². The number of rotatable bonds is 9. The highest BCUT2D eigenvalue weighted by Crippen LogP contribution is 2.50. The molecule has 4 rings (SSSR count). The number of fused-ring (bicyclic) bond motifs is 2. The number of aromatic carboxylic acids is 1. The SMILES string of the molecule is CC(N)(Cc1ccc(O)c(O)c1)C(=O)O.Cc1cc(O)c(C=O)c2c1C(=O)Oc1c(COC(=O)C=CC(=O)O)c(O)c(C(=O)O)c(C)c1O2. The highest BCUT2D eigenvalue weighted by atomic mass is 16.6. The van der Waals surface area contributed by atoms with Gasteiger partial charge in [-0.15, -0.1) is 0 Å². The van der Waals surface area contributed by atoms with Gasteiger partial charge in [0, 0.05) is 24.1 Å². The molecule has 1 atom stereocenters. The molecule has 17 heteroatoms. The summed E-state index contributed by atoms with van der Waals surface area (Å²) in [6.07, 6.45) is 1.38. The van der Waals surface area contributed by atoms with E-state index >= 15 is 0 Å². The number of ether oxygens (including phenoxy) is 3. The van der Waals surface area contributed by atoms with Crippen LogP contribution in [0.4, 0.5) is 0 Å². The molecular weight excluding hydrogens is 654 g/mol. The van der Waals surface area contributed by atoms with Gasteiger partial charge in [-0.25, -0.2) is 19.2 Å². The van der Waals surface area contributed by atoms with E-state index in [0.29, 0.717) is 17.7 Å². The molecule has 0 aromatic heterocycles. The van der Waals surface area contributed by atoms with Crippen molar-refractivity contribution in [1.82, 2.24) is 0 Å². The molecule has 0 saturated carbocycles. The minimum Gasteiger partial charge on any atom is -0.507 e. The molecule has 1 heterocycles. The van der Waals surface area contributed by atoms with Crippen molar-refractivity contribution >= 4 is 36.1 Å². The quantitative estimate of drug-likeness (QED) is 0.0528. The second kappa shape index (κ2) is 14.4. The van der Waals surface area contributed by atoms with E-state index in [0.717, 1.165) is 6.07 Å². The van der Waals surface area contributed by atoms with Gasteiger partial charge in [-0.1, -0.05) is 6.07 Å². The van der Waals surface area contributed by atoms with E-state index in [4.69, 9.17) is 35.3 Å². The van der Waals surface area contributed by atoms with Crippen LogP contribution in [0.15, 0.2) is 36.4 Å². The Bertz CT molecular complexity index is 1920. The Balaban J connectivity index is 0.000000362. The molecular formula is C32H29NO16. The first kappa shape index (κ1) is 36.8. The number of hydrogen-bond donors (Lipinski definition) is 8. The molecule has 0 fully saturated rings. The number of aldehydes is 1. The van der Waals surface area contributed by atoms with Crippen LogP contribution in [0.3, 0.4) is 0 Å². The van der Waals surface area contributed by atoms with Gasteiger partial charge in [0.2, 0.25) is 0 Å². The highest BCUT2D eigenvalue weighted by Gasteiger charge is 2.36. The summed E-state index contributed by atoms with van der Waals surface area (Å²) in [4.78, 5) is 69.4. The van der Waals surface area contributed by atoms with Gasteiger partial charge < -0.3 is 55.7 Å². The molecule has 9 N–H and O–H groups in total. The minimum atomic E-state index is -1.60. The number of aryl methyl sites for hydroxylation is 1. The van der Waals surface area contributed by atoms with E-state index in [1.54, 1.807) is 0 Å². The van der Waals surface area contributed by atoms with Crippen LogP contribution in [0.5, 0.6) is 40.2 Å². The second-order valence-electron chi connectivity index (χ2n) is 10.7. The fourth-order valence-corrected chi connectivity index (χ4v) is 4.50. The lowest BCUT2D eigenvalue weighted by atomic mass is 9.94. The average molecular weight is 684 g/mol. The summed E-state index contributed by atoms with van der Waals surface area (Å²) in [6.45, 7) is 3.22. The monoisotopic (exact) mass is 683 g/mol. The minimum absolute atomic E-state index is 0.0795. The number of carbonyl (C=O) groups is 6. The Morgan fingerprint density at radius 2 is 1.55 bits per heavy atom. The van der Waals surface area contributed by atoms with Crippen LogP contribution in [0.2, 0.25) is 0 Å². The number of esters is 2. The normalized spacial score (nSPS) is 12.9. The lowest BCUT2D eigenvalue weighted by Gasteiger charge is -2.19. The number of phenolic OH excluding ortho intramolecular Hbond substituents is 3. The van der Waals surface area contributed by atoms with Crippen molar-refractivity contribution in [3.63, 3.8) is 0 Å². The molecule has 0 bridgehead atoms. The molecule has 0 saturated heterocycles. The molecule has 3 aromatic rings. The lowest BCUT2D eigenvalue weighted by Crippen LogP contribution is -2.46. The third kappa shape index (κ3) is 8.03. The maximum Gasteiger partial charge on any atom is 0.347 e. The highest BCUT2D eigenvalue weighted by molar-refractivity contribution is 6.03. The topological polar surface area (TPSA) is 298 Å². The van der Waals surface area contributed by atoms with Crippen molar-refractivity contribution in [1.29, 1.82) is 0 Å². The summed E-state index contributed by atoms with van der Waals surface area (Å²) in [6, 6.07) is 5.24. The fourth-order valence-electron chi connectivity index (χ4n) is 4.50. The summed E-state index contributed by atoms with van der Waals surface area (Å²) in [5.41, 5.74) is 2.90. The molecule has 0 spiro atoms. The number of hydrogen-bond acceptors (Lipinski definition) is 14. The predicted octanol–water partition coefficient (Wildman–Crippen LogP) is 2.68. The Morgan fingerprint density at radius 3 is 2.10 bits per heavy atom. The summed E-state index contributed by atoms with van der Waals surface area (Å²) >= 11 is 0. The molecule has 0 amide bonds. The third-order valence-corrected chi connectivity index (χ3v) is 6.97. The average Bonchev–Trinajstić information content (AvgIpc) is 3.14. The zero-order valence-corrected chi connectivity index (χ0v) is 25.8. The Kier molecular flexibility index (Phi) is 10.9. The number of nitrogens with two attached hydrogens (primary N) is 1. The van der Waals surface area contributed by atoms with E-state index < -0.39 is 81.7 Å². The van der Waals surface area contributed by atoms with E-state index in [1.165, 1.54) is 39.0 Å². The number of benzene rings is 3. The largest absolute Gasteiger partial charge is 0.507 e. The van der Waals surface area contributed by atoms with Gasteiger partial charge in [-0.3, -0.25) is 9.59 Å². The van der Waals surface area contributed by atoms with Crippen LogP contribution in [0.1, 0.15) is 60.3 Å². The summed E-state index contributed by atoms with van der Waals surface area (Å²) in [5, 5.41) is 65.9. The Morgan fingerprint density at radius 1 is 0.898 bits per heavy atom. The van der Waals surface area contributed by atoms with Crippen molar-refractivity contribution in [2.45, 2.75) is 39.3 Å². The number of aromatic hydroxyl groups is 4. The first-order valence-electron chi connectivity index (χ1n) is 13.7. The summed E-state index contributed by atoms with van der Waals surface area (Å²) in [5.74, 6) is -9.55. The molecule has 1 unspecified atom stereocenters. The van der Waals surface area contributed by atoms with Crippen LogP contribution in [0.25, 0.3) is 0 Å². The number of phenols is 4. The lowest BCUT2D eigenvalue weighted by molar-refractivity contribution is -0.142. The maximum absolute atomic E-state index is 12.9. The van der Waals surface area contributed by atoms with Crippen molar-refractivity contribution < 1.29 is 78.7 Å². The molecule has 17 nitrogen and oxygen atoms in total. The van der Waals surface area contributed by atoms with E-state index in [1.807, 2.05) is 0 Å². The van der Waals surface area contributed by atoms with Gasteiger partial charge in [0.25, 0.3) is 0 Å². The maximum atomic E-state index is 12.9. The third-order valence-electron chi connectivity index (χ3n) is 6.97. The number of carboxylic acids is 3. The molecule has 258 valence electrons. The van der Waals surface area contributed by atoms with Crippen LogP contribution in [-0.4, -0.2) is 77.4 Å². The predicted molar refractivity (Wildman–Crippen MR) is 163 cm³/mol. The van der Waals surface area contributed by atoms with Crippen LogP contribution < -0.4 is 15.2 Å². The van der Waals surface area contributed by atoms with E-state index in [9.17, 15) is 49.2 Å². The first-order valence-corrected chi connectivity index (χ1v) is 13.7. The number of aliphatic carboxylic acids is 2. The standard InChI is InChI=1S/C22H16O12.C10H13NO4/c1-8-5-12(24)10(6-23)19-15(8)22(31)34-20-11(7-32-14(27)4-3-13(25)26)17(28)16(21(29)30)9(2)18(20)33-19;1-10(11,9(14)15)5-6-2-3-7(12)8(13)4-6/h3-6,24,28H,7H2,1-2H3,(H,25,26)(H,29,30);2-4,12-13H,5,11H2,1H3,(H,14,15). The van der Waals surface area contributed by atoms with Gasteiger partial charge in [0.05, 0.1) is 11.1 Å². The molecule has 0 aliphatic carbocycles.